The molecule has 0 aromatic heterocycles. The van der Waals surface area contributed by atoms with Crippen molar-refractivity contribution < 1.29 is 14.6 Å². The largest absolute Gasteiger partial charge is 0.502 e. The van der Waals surface area contributed by atoms with E-state index in [-0.39, 0.29) is 5.75 Å². The van der Waals surface area contributed by atoms with Crippen LogP contribution in [-0.4, -0.2) is 25.9 Å². The lowest BCUT2D eigenvalue weighted by atomic mass is 10.1. The lowest BCUT2D eigenvalue weighted by Crippen LogP contribution is -1.99. The maximum absolute atomic E-state index is 9.71. The third kappa shape index (κ3) is 3.03. The van der Waals surface area contributed by atoms with Gasteiger partial charge in [-0.3, -0.25) is 0 Å². The lowest BCUT2D eigenvalue weighted by molar-refractivity contribution is 0.339. The van der Waals surface area contributed by atoms with E-state index in [9.17, 15) is 5.11 Å². The van der Waals surface area contributed by atoms with Crippen molar-refractivity contribution in [2.24, 2.45) is 5.73 Å². The van der Waals surface area contributed by atoms with Gasteiger partial charge in [0.2, 0.25) is 5.75 Å². The number of ether oxygens (including phenoxy) is 2. The molecule has 0 saturated carbocycles. The van der Waals surface area contributed by atoms with Gasteiger partial charge in [-0.15, -0.1) is 0 Å². The minimum absolute atomic E-state index is 0.0487. The van der Waals surface area contributed by atoms with E-state index in [0.29, 0.717) is 18.0 Å². The van der Waals surface area contributed by atoms with E-state index in [1.54, 1.807) is 0 Å². The fourth-order valence-corrected chi connectivity index (χ4v) is 1.57. The number of aryl methyl sites for hydroxylation is 1. The van der Waals surface area contributed by atoms with Gasteiger partial charge in [0, 0.05) is 0 Å². The molecule has 0 unspecified atom stereocenters. The summed E-state index contributed by atoms with van der Waals surface area (Å²) in [4.78, 5) is 0. The molecule has 0 saturated heterocycles. The number of unbranched alkanes of at least 4 members (excludes halogenated alkanes) is 1. The summed E-state index contributed by atoms with van der Waals surface area (Å²) in [6.07, 6.45) is 2.92. The highest BCUT2D eigenvalue weighted by Crippen LogP contribution is 2.37. The van der Waals surface area contributed by atoms with E-state index < -0.39 is 0 Å². The van der Waals surface area contributed by atoms with Gasteiger partial charge in [0.1, 0.15) is 0 Å². The molecule has 0 aliphatic rings. The van der Waals surface area contributed by atoms with Crippen molar-refractivity contribution in [1.82, 2.24) is 0 Å². The number of phenolic OH excluding ortho intramolecular Hbond substituents is 1. The molecular formula is C12H19NO3. The number of rotatable bonds is 6. The molecule has 0 aliphatic carbocycles. The van der Waals surface area contributed by atoms with Gasteiger partial charge in [0.25, 0.3) is 0 Å². The fraction of sp³-hybridized carbons (Fsp3) is 0.500. The third-order valence-electron chi connectivity index (χ3n) is 2.46. The Kier molecular flexibility index (Phi) is 4.92. The molecular weight excluding hydrogens is 206 g/mol. The predicted molar refractivity (Wildman–Crippen MR) is 63.2 cm³/mol. The Bertz CT molecular complexity index is 314. The molecule has 1 rings (SSSR count). The van der Waals surface area contributed by atoms with Crippen LogP contribution >= 0.6 is 0 Å². The second-order valence-corrected chi connectivity index (χ2v) is 3.59. The van der Waals surface area contributed by atoms with Crippen molar-refractivity contribution in [2.45, 2.75) is 19.3 Å². The van der Waals surface area contributed by atoms with Gasteiger partial charge < -0.3 is 20.3 Å². The van der Waals surface area contributed by atoms with Crippen molar-refractivity contribution in [3.8, 4) is 17.2 Å². The van der Waals surface area contributed by atoms with Crippen LogP contribution in [-0.2, 0) is 6.42 Å². The van der Waals surface area contributed by atoms with Crippen molar-refractivity contribution in [3.05, 3.63) is 17.7 Å². The number of phenols is 1. The average molecular weight is 225 g/mol. The molecule has 3 N–H and O–H groups in total. The molecule has 0 heterocycles. The first kappa shape index (κ1) is 12.6. The second-order valence-electron chi connectivity index (χ2n) is 3.59. The number of nitrogens with two attached hydrogens (primary N) is 1. The molecule has 90 valence electrons. The van der Waals surface area contributed by atoms with Crippen molar-refractivity contribution in [3.63, 3.8) is 0 Å². The number of hydrogen-bond donors (Lipinski definition) is 2. The molecule has 1 aromatic rings. The Morgan fingerprint density at radius 1 is 1.12 bits per heavy atom. The Labute approximate surface area is 96.0 Å². The first-order valence-corrected chi connectivity index (χ1v) is 5.36. The summed E-state index contributed by atoms with van der Waals surface area (Å²) in [7, 11) is 3.05. The second kappa shape index (κ2) is 6.23. The quantitative estimate of drug-likeness (QED) is 0.723. The summed E-state index contributed by atoms with van der Waals surface area (Å²) in [5.41, 5.74) is 6.52. The van der Waals surface area contributed by atoms with E-state index in [0.717, 1.165) is 24.8 Å². The molecule has 0 aliphatic heterocycles. The molecule has 0 amide bonds. The number of hydrogen-bond acceptors (Lipinski definition) is 4. The molecule has 0 bridgehead atoms. The smallest absolute Gasteiger partial charge is 0.200 e. The van der Waals surface area contributed by atoms with Gasteiger partial charge in [0.15, 0.2) is 11.5 Å². The van der Waals surface area contributed by atoms with Crippen LogP contribution in [0.3, 0.4) is 0 Å². The van der Waals surface area contributed by atoms with Crippen LogP contribution in [0.2, 0.25) is 0 Å². The number of benzene rings is 1. The Hall–Kier alpha value is -1.42. The van der Waals surface area contributed by atoms with Crippen LogP contribution in [0.1, 0.15) is 18.4 Å². The van der Waals surface area contributed by atoms with Crippen molar-refractivity contribution in [1.29, 1.82) is 0 Å². The molecule has 0 spiro atoms. The van der Waals surface area contributed by atoms with Crippen molar-refractivity contribution in [2.75, 3.05) is 20.8 Å². The van der Waals surface area contributed by atoms with Crippen LogP contribution < -0.4 is 15.2 Å². The van der Waals surface area contributed by atoms with Gasteiger partial charge in [-0.1, -0.05) is 0 Å². The minimum atomic E-state index is 0.0487. The van der Waals surface area contributed by atoms with Gasteiger partial charge in [-0.25, -0.2) is 0 Å². The number of aromatic hydroxyl groups is 1. The van der Waals surface area contributed by atoms with E-state index in [2.05, 4.69) is 0 Å². The first-order valence-electron chi connectivity index (χ1n) is 5.36. The Morgan fingerprint density at radius 2 is 1.69 bits per heavy atom. The summed E-state index contributed by atoms with van der Waals surface area (Å²) >= 11 is 0. The van der Waals surface area contributed by atoms with E-state index in [1.165, 1.54) is 14.2 Å². The standard InChI is InChI=1S/C12H19NO3/c1-15-10-7-9(5-3-4-6-13)8-11(16-2)12(10)14/h7-8,14H,3-6,13H2,1-2H3. The SMILES string of the molecule is COc1cc(CCCCN)cc(OC)c1O. The molecule has 0 atom stereocenters. The first-order chi connectivity index (χ1) is 7.72. The average Bonchev–Trinajstić information content (AvgIpc) is 2.31. The zero-order chi connectivity index (χ0) is 12.0. The van der Waals surface area contributed by atoms with E-state index in [1.807, 2.05) is 12.1 Å². The van der Waals surface area contributed by atoms with Crippen LogP contribution in [0.25, 0.3) is 0 Å². The zero-order valence-electron chi connectivity index (χ0n) is 9.82. The summed E-state index contributed by atoms with van der Waals surface area (Å²) in [6.45, 7) is 0.701. The topological polar surface area (TPSA) is 64.7 Å². The summed E-state index contributed by atoms with van der Waals surface area (Å²) in [6, 6.07) is 3.66. The minimum Gasteiger partial charge on any atom is -0.502 e. The van der Waals surface area contributed by atoms with Gasteiger partial charge in [-0.2, -0.15) is 0 Å². The van der Waals surface area contributed by atoms with Crippen molar-refractivity contribution >= 4 is 0 Å². The normalized spacial score (nSPS) is 10.2. The molecule has 16 heavy (non-hydrogen) atoms. The molecule has 4 nitrogen and oxygen atoms in total. The highest BCUT2D eigenvalue weighted by molar-refractivity contribution is 5.52. The van der Waals surface area contributed by atoms with Gasteiger partial charge >= 0.3 is 0 Å². The zero-order valence-corrected chi connectivity index (χ0v) is 9.82. The highest BCUT2D eigenvalue weighted by Gasteiger charge is 2.10. The maximum Gasteiger partial charge on any atom is 0.200 e. The van der Waals surface area contributed by atoms with Crippen LogP contribution in [0.15, 0.2) is 12.1 Å². The van der Waals surface area contributed by atoms with Crippen LogP contribution in [0, 0.1) is 0 Å². The third-order valence-corrected chi connectivity index (χ3v) is 2.46. The van der Waals surface area contributed by atoms with Crippen LogP contribution in [0.4, 0.5) is 0 Å². The fourth-order valence-electron chi connectivity index (χ4n) is 1.57. The van der Waals surface area contributed by atoms with Gasteiger partial charge in [-0.05, 0) is 43.5 Å². The molecule has 1 aromatic carbocycles. The Balaban J connectivity index is 2.84. The Morgan fingerprint density at radius 3 is 2.12 bits per heavy atom. The summed E-state index contributed by atoms with van der Waals surface area (Å²) in [5, 5.41) is 9.71. The maximum atomic E-state index is 9.71. The summed E-state index contributed by atoms with van der Waals surface area (Å²) < 4.78 is 10.2. The van der Waals surface area contributed by atoms with Gasteiger partial charge in [0.05, 0.1) is 14.2 Å². The summed E-state index contributed by atoms with van der Waals surface area (Å²) in [5.74, 6) is 0.941. The van der Waals surface area contributed by atoms with Crippen LogP contribution in [0.5, 0.6) is 17.2 Å². The predicted octanol–water partition coefficient (Wildman–Crippen LogP) is 1.69. The highest BCUT2D eigenvalue weighted by atomic mass is 16.5. The monoisotopic (exact) mass is 225 g/mol. The number of methoxy groups -OCH3 is 2. The molecule has 0 radical (unpaired) electrons. The molecule has 0 fully saturated rings. The lowest BCUT2D eigenvalue weighted by Gasteiger charge is -2.11. The molecule has 4 heteroatoms. The van der Waals surface area contributed by atoms with E-state index >= 15 is 0 Å². The van der Waals surface area contributed by atoms with E-state index in [4.69, 9.17) is 15.2 Å².